The Morgan fingerprint density at radius 1 is 0.707 bits per heavy atom. The number of aromatic nitrogens is 1. The molecule has 7 heteroatoms. The number of nitriles is 2. The summed E-state index contributed by atoms with van der Waals surface area (Å²) in [6.45, 7) is 1.42. The van der Waals surface area contributed by atoms with Crippen LogP contribution in [0.5, 0.6) is 0 Å². The number of hydrogen-bond donors (Lipinski definition) is 0. The highest BCUT2D eigenvalue weighted by atomic mass is 127. The van der Waals surface area contributed by atoms with Crippen molar-refractivity contribution >= 4 is 39.5 Å². The van der Waals surface area contributed by atoms with Crippen LogP contribution in [0.3, 0.4) is 0 Å². The third-order valence-electron chi connectivity index (χ3n) is 7.02. The Bertz CT molecular complexity index is 1550. The molecule has 0 aliphatic heterocycles. The van der Waals surface area contributed by atoms with Crippen molar-refractivity contribution < 1.29 is 28.5 Å². The second-order valence-electron chi connectivity index (χ2n) is 9.75. The van der Waals surface area contributed by atoms with E-state index in [0.29, 0.717) is 25.9 Å². The number of rotatable bonds is 10. The van der Waals surface area contributed by atoms with Gasteiger partial charge in [-0.1, -0.05) is 40.2 Å². The van der Waals surface area contributed by atoms with Gasteiger partial charge < -0.3 is 33.8 Å². The summed E-state index contributed by atoms with van der Waals surface area (Å²) in [5, 5.41) is 17.8. The SMILES string of the molecule is CN(CCC#N)c1ccc(/C=C/c2cc(-c3ccc(N(C)CCC#N)cc3)cc(-c3ccc(Br)cc3)[n+]2C)cc1.[I-]. The van der Waals surface area contributed by atoms with Crippen molar-refractivity contribution in [1.29, 1.82) is 10.5 Å². The number of halogens is 2. The van der Waals surface area contributed by atoms with Crippen LogP contribution >= 0.6 is 15.9 Å². The maximum atomic E-state index is 8.92. The lowest BCUT2D eigenvalue weighted by atomic mass is 10.0. The van der Waals surface area contributed by atoms with Crippen molar-refractivity contribution in [3.8, 4) is 34.5 Å². The summed E-state index contributed by atoms with van der Waals surface area (Å²) in [6, 6.07) is 34.2. The highest BCUT2D eigenvalue weighted by Crippen LogP contribution is 2.28. The van der Waals surface area contributed by atoms with Crippen molar-refractivity contribution in [2.45, 2.75) is 12.8 Å². The molecule has 0 amide bonds. The van der Waals surface area contributed by atoms with Gasteiger partial charge in [-0.05, 0) is 71.3 Å². The monoisotopic (exact) mass is 717 g/mol. The van der Waals surface area contributed by atoms with Gasteiger partial charge in [-0.3, -0.25) is 0 Å². The Balaban J connectivity index is 0.00000462. The molecule has 4 rings (SSSR count). The van der Waals surface area contributed by atoms with E-state index in [1.54, 1.807) is 0 Å². The molecule has 0 saturated heterocycles. The van der Waals surface area contributed by atoms with Crippen LogP contribution < -0.4 is 38.3 Å². The molecule has 0 unspecified atom stereocenters. The third kappa shape index (κ3) is 8.42. The van der Waals surface area contributed by atoms with E-state index in [2.05, 4.69) is 147 Å². The van der Waals surface area contributed by atoms with Crippen LogP contribution in [0.25, 0.3) is 34.5 Å². The molecule has 1 heterocycles. The number of nitrogens with zero attached hydrogens (tertiary/aromatic N) is 5. The topological polar surface area (TPSA) is 57.9 Å². The zero-order valence-electron chi connectivity index (χ0n) is 23.6. The van der Waals surface area contributed by atoms with E-state index in [-0.39, 0.29) is 24.0 Å². The minimum Gasteiger partial charge on any atom is -1.00 e. The van der Waals surface area contributed by atoms with E-state index in [1.807, 2.05) is 14.1 Å². The van der Waals surface area contributed by atoms with Gasteiger partial charge in [0.2, 0.25) is 11.4 Å². The van der Waals surface area contributed by atoms with Crippen LogP contribution in [0.4, 0.5) is 11.4 Å². The molecule has 0 saturated carbocycles. The average Bonchev–Trinajstić information content (AvgIpc) is 2.99. The molecule has 0 spiro atoms. The smallest absolute Gasteiger partial charge is 0.213 e. The second kappa shape index (κ2) is 15.4. The van der Waals surface area contributed by atoms with Crippen LogP contribution in [0, 0.1) is 22.7 Å². The largest absolute Gasteiger partial charge is 1.00 e. The zero-order valence-corrected chi connectivity index (χ0v) is 27.3. The Hall–Kier alpha value is -3.66. The molecule has 208 valence electrons. The molecule has 3 aromatic carbocycles. The average molecular weight is 718 g/mol. The fourth-order valence-electron chi connectivity index (χ4n) is 4.53. The van der Waals surface area contributed by atoms with Gasteiger partial charge in [0, 0.05) is 66.8 Å². The Labute approximate surface area is 269 Å². The summed E-state index contributed by atoms with van der Waals surface area (Å²) in [5.74, 6) is 0. The van der Waals surface area contributed by atoms with Gasteiger partial charge in [-0.2, -0.15) is 15.1 Å². The first-order valence-electron chi connectivity index (χ1n) is 13.2. The summed E-state index contributed by atoms with van der Waals surface area (Å²) in [7, 11) is 6.12. The van der Waals surface area contributed by atoms with Crippen molar-refractivity contribution in [3.05, 3.63) is 101 Å². The minimum absolute atomic E-state index is 0. The van der Waals surface area contributed by atoms with E-state index in [0.717, 1.165) is 49.5 Å². The number of hydrogen-bond acceptors (Lipinski definition) is 4. The van der Waals surface area contributed by atoms with Gasteiger partial charge in [0.1, 0.15) is 7.05 Å². The van der Waals surface area contributed by atoms with Crippen LogP contribution in [0.15, 0.2) is 89.4 Å². The van der Waals surface area contributed by atoms with Gasteiger partial charge in [0.05, 0.1) is 25.0 Å². The summed E-state index contributed by atoms with van der Waals surface area (Å²) < 4.78 is 3.27. The van der Waals surface area contributed by atoms with Crippen LogP contribution in [-0.4, -0.2) is 27.2 Å². The molecule has 4 aromatic rings. The van der Waals surface area contributed by atoms with Gasteiger partial charge in [-0.25, -0.2) is 0 Å². The molecule has 0 aliphatic rings. The molecular weight excluding hydrogens is 685 g/mol. The lowest BCUT2D eigenvalue weighted by Crippen LogP contribution is -3.00. The van der Waals surface area contributed by atoms with Gasteiger partial charge >= 0.3 is 0 Å². The first-order chi connectivity index (χ1) is 19.4. The zero-order chi connectivity index (χ0) is 28.5. The van der Waals surface area contributed by atoms with Crippen LogP contribution in [0.1, 0.15) is 24.1 Å². The standard InChI is InChI=1S/C34H33BrN5.HI/c1-38(22-4-20-36)31-15-6-26(7-16-31)8-17-33-24-29(25-34(40(33)3)28-9-13-30(35)14-10-28)27-11-18-32(19-12-27)39(2)23-5-21-37;/h6-19,24-25H,4-5,22-23H2,1-3H3;1H/q+1;/p-1. The number of pyridine rings is 1. The second-order valence-corrected chi connectivity index (χ2v) is 10.7. The van der Waals surface area contributed by atoms with E-state index in [1.165, 1.54) is 0 Å². The first-order valence-corrected chi connectivity index (χ1v) is 14.0. The molecular formula is C34H33BrIN5. The molecule has 1 aromatic heterocycles. The lowest BCUT2D eigenvalue weighted by Gasteiger charge is -2.18. The molecule has 0 radical (unpaired) electrons. The first kappa shape index (κ1) is 31.9. The Morgan fingerprint density at radius 2 is 1.22 bits per heavy atom. The molecule has 0 N–H and O–H groups in total. The van der Waals surface area contributed by atoms with Crippen molar-refractivity contribution in [2.24, 2.45) is 7.05 Å². The van der Waals surface area contributed by atoms with E-state index in [9.17, 15) is 0 Å². The fourth-order valence-corrected chi connectivity index (χ4v) is 4.79. The maximum Gasteiger partial charge on any atom is 0.213 e. The number of anilines is 2. The fraction of sp³-hybridized carbons (Fsp3) is 0.206. The lowest BCUT2D eigenvalue weighted by molar-refractivity contribution is -0.662. The van der Waals surface area contributed by atoms with Gasteiger partial charge in [0.15, 0.2) is 0 Å². The van der Waals surface area contributed by atoms with Crippen molar-refractivity contribution in [2.75, 3.05) is 37.0 Å². The summed E-state index contributed by atoms with van der Waals surface area (Å²) in [6.07, 6.45) is 5.30. The molecule has 0 fully saturated rings. The van der Waals surface area contributed by atoms with E-state index < -0.39 is 0 Å². The summed E-state index contributed by atoms with van der Waals surface area (Å²) in [5.41, 5.74) is 8.91. The highest BCUT2D eigenvalue weighted by Gasteiger charge is 2.17. The predicted octanol–water partition coefficient (Wildman–Crippen LogP) is 4.48. The Morgan fingerprint density at radius 3 is 1.76 bits per heavy atom. The van der Waals surface area contributed by atoms with E-state index in [4.69, 9.17) is 10.5 Å². The molecule has 41 heavy (non-hydrogen) atoms. The normalized spacial score (nSPS) is 10.5. The van der Waals surface area contributed by atoms with Crippen molar-refractivity contribution in [3.63, 3.8) is 0 Å². The maximum absolute atomic E-state index is 8.92. The van der Waals surface area contributed by atoms with Crippen LogP contribution in [-0.2, 0) is 7.05 Å². The molecule has 0 atom stereocenters. The molecule has 0 bridgehead atoms. The van der Waals surface area contributed by atoms with Crippen LogP contribution in [0.2, 0.25) is 0 Å². The van der Waals surface area contributed by atoms with E-state index >= 15 is 0 Å². The molecule has 0 aliphatic carbocycles. The summed E-state index contributed by atoms with van der Waals surface area (Å²) >= 11 is 3.56. The summed E-state index contributed by atoms with van der Waals surface area (Å²) in [4.78, 5) is 4.20. The quantitative estimate of drug-likeness (QED) is 0.180. The predicted molar refractivity (Wildman–Crippen MR) is 169 cm³/mol. The Kier molecular flexibility index (Phi) is 11.9. The molecule has 5 nitrogen and oxygen atoms in total. The number of benzene rings is 3. The third-order valence-corrected chi connectivity index (χ3v) is 7.55. The minimum atomic E-state index is 0. The van der Waals surface area contributed by atoms with Gasteiger partial charge in [-0.15, -0.1) is 0 Å². The van der Waals surface area contributed by atoms with Crippen molar-refractivity contribution in [1.82, 2.24) is 0 Å². The highest BCUT2D eigenvalue weighted by molar-refractivity contribution is 9.10. The van der Waals surface area contributed by atoms with Gasteiger partial charge in [0.25, 0.3) is 0 Å².